The molecular weight excluding hydrogens is 283 g/mol. The zero-order valence-corrected chi connectivity index (χ0v) is 12.4. The topological polar surface area (TPSA) is 52.0 Å². The van der Waals surface area contributed by atoms with Gasteiger partial charge in [-0.15, -0.1) is 0 Å². The average molecular weight is 299 g/mol. The number of hydrogen-bond acceptors (Lipinski definition) is 3. The van der Waals surface area contributed by atoms with E-state index < -0.39 is 0 Å². The Labute approximate surface area is 122 Å². The highest BCUT2D eigenvalue weighted by Crippen LogP contribution is 2.34. The van der Waals surface area contributed by atoms with Crippen LogP contribution in [-0.2, 0) is 6.42 Å². The first-order valence-corrected chi connectivity index (χ1v) is 6.94. The summed E-state index contributed by atoms with van der Waals surface area (Å²) in [5, 5.41) is 4.86. The third kappa shape index (κ3) is 3.23. The number of anilines is 1. The fraction of sp³-hybridized carbons (Fsp3) is 0.357. The van der Waals surface area contributed by atoms with Gasteiger partial charge in [-0.3, -0.25) is 0 Å². The van der Waals surface area contributed by atoms with Crippen molar-refractivity contribution < 1.29 is 4.52 Å². The van der Waals surface area contributed by atoms with Crippen LogP contribution < -0.4 is 5.73 Å². The minimum absolute atomic E-state index is 0.386. The number of rotatable bonds is 4. The molecular formula is C14H16Cl2N2O. The van der Waals surface area contributed by atoms with Gasteiger partial charge in [0.2, 0.25) is 0 Å². The van der Waals surface area contributed by atoms with Crippen LogP contribution in [0.5, 0.6) is 0 Å². The molecule has 0 aliphatic rings. The van der Waals surface area contributed by atoms with Crippen molar-refractivity contribution in [2.24, 2.45) is 5.92 Å². The van der Waals surface area contributed by atoms with Crippen LogP contribution in [0.1, 0.15) is 26.0 Å². The van der Waals surface area contributed by atoms with Gasteiger partial charge in [-0.05, 0) is 30.0 Å². The van der Waals surface area contributed by atoms with Gasteiger partial charge in [0.1, 0.15) is 5.76 Å². The summed E-state index contributed by atoms with van der Waals surface area (Å²) in [5.41, 5.74) is 7.59. The van der Waals surface area contributed by atoms with Crippen molar-refractivity contribution in [3.63, 3.8) is 0 Å². The van der Waals surface area contributed by atoms with E-state index in [1.54, 1.807) is 12.1 Å². The minimum Gasteiger partial charge on any atom is -0.380 e. The standard InChI is InChI=1S/C14H16Cl2N2O/c1-8(2)3-6-12-13(14(17)18-19-12)9-4-5-10(15)11(16)7-9/h4-5,7-8H,3,6H2,1-2H3,(H2,17,18). The maximum Gasteiger partial charge on any atom is 0.175 e. The van der Waals surface area contributed by atoms with E-state index in [4.69, 9.17) is 33.5 Å². The molecule has 0 radical (unpaired) electrons. The van der Waals surface area contributed by atoms with E-state index in [1.807, 2.05) is 6.07 Å². The lowest BCUT2D eigenvalue weighted by Crippen LogP contribution is -1.94. The van der Waals surface area contributed by atoms with Gasteiger partial charge in [0.05, 0.1) is 15.6 Å². The van der Waals surface area contributed by atoms with Crippen LogP contribution in [-0.4, -0.2) is 5.16 Å². The maximum absolute atomic E-state index is 6.04. The second-order valence-electron chi connectivity index (χ2n) is 4.93. The fourth-order valence-electron chi connectivity index (χ4n) is 1.89. The van der Waals surface area contributed by atoms with E-state index in [-0.39, 0.29) is 0 Å². The second-order valence-corrected chi connectivity index (χ2v) is 5.74. The Bertz CT molecular complexity index is 579. The smallest absolute Gasteiger partial charge is 0.175 e. The van der Waals surface area contributed by atoms with Gasteiger partial charge < -0.3 is 10.3 Å². The van der Waals surface area contributed by atoms with E-state index in [9.17, 15) is 0 Å². The van der Waals surface area contributed by atoms with Crippen molar-refractivity contribution in [2.45, 2.75) is 26.7 Å². The molecule has 0 aliphatic heterocycles. The highest BCUT2D eigenvalue weighted by Gasteiger charge is 2.16. The van der Waals surface area contributed by atoms with Crippen LogP contribution in [0.25, 0.3) is 11.1 Å². The summed E-state index contributed by atoms with van der Waals surface area (Å²) in [5.74, 6) is 1.77. The molecule has 1 heterocycles. The molecule has 3 nitrogen and oxygen atoms in total. The molecule has 19 heavy (non-hydrogen) atoms. The molecule has 0 amide bonds. The maximum atomic E-state index is 6.04. The Balaban J connectivity index is 2.37. The van der Waals surface area contributed by atoms with Crippen molar-refractivity contribution in [2.75, 3.05) is 5.73 Å². The van der Waals surface area contributed by atoms with Gasteiger partial charge in [-0.25, -0.2) is 0 Å². The molecule has 0 unspecified atom stereocenters. The highest BCUT2D eigenvalue weighted by molar-refractivity contribution is 6.42. The lowest BCUT2D eigenvalue weighted by Gasteiger charge is -2.06. The number of aromatic nitrogens is 1. The predicted octanol–water partition coefficient (Wildman–Crippen LogP) is 4.82. The molecule has 102 valence electrons. The summed E-state index contributed by atoms with van der Waals surface area (Å²) in [6.45, 7) is 4.33. The normalized spacial score (nSPS) is 11.2. The number of halogens is 2. The number of nitrogens with two attached hydrogens (primary N) is 1. The van der Waals surface area contributed by atoms with Gasteiger partial charge in [0.25, 0.3) is 0 Å². The molecule has 0 spiro atoms. The monoisotopic (exact) mass is 298 g/mol. The Hall–Kier alpha value is -1.19. The Morgan fingerprint density at radius 3 is 2.63 bits per heavy atom. The first-order valence-electron chi connectivity index (χ1n) is 6.18. The van der Waals surface area contributed by atoms with Gasteiger partial charge in [0.15, 0.2) is 5.82 Å². The number of aryl methyl sites for hydroxylation is 1. The summed E-state index contributed by atoms with van der Waals surface area (Å²) < 4.78 is 5.32. The van der Waals surface area contributed by atoms with E-state index in [2.05, 4.69) is 19.0 Å². The summed E-state index contributed by atoms with van der Waals surface area (Å²) in [6.07, 6.45) is 1.82. The quantitative estimate of drug-likeness (QED) is 0.880. The van der Waals surface area contributed by atoms with Crippen LogP contribution in [0.3, 0.4) is 0 Å². The van der Waals surface area contributed by atoms with Crippen LogP contribution in [0, 0.1) is 5.92 Å². The Morgan fingerprint density at radius 1 is 1.26 bits per heavy atom. The predicted molar refractivity (Wildman–Crippen MR) is 79.5 cm³/mol. The number of benzene rings is 1. The molecule has 0 saturated carbocycles. The van der Waals surface area contributed by atoms with Crippen molar-refractivity contribution in [1.29, 1.82) is 0 Å². The molecule has 1 aromatic carbocycles. The summed E-state index contributed by atoms with van der Waals surface area (Å²) >= 11 is 12.0. The summed E-state index contributed by atoms with van der Waals surface area (Å²) in [7, 11) is 0. The van der Waals surface area contributed by atoms with Gasteiger partial charge in [-0.2, -0.15) is 0 Å². The molecule has 0 atom stereocenters. The molecule has 2 aromatic rings. The van der Waals surface area contributed by atoms with E-state index in [0.29, 0.717) is 21.8 Å². The minimum atomic E-state index is 0.386. The first-order chi connectivity index (χ1) is 8.99. The third-order valence-electron chi connectivity index (χ3n) is 2.95. The van der Waals surface area contributed by atoms with Crippen molar-refractivity contribution in [3.05, 3.63) is 34.0 Å². The molecule has 2 rings (SSSR count). The molecule has 1 aromatic heterocycles. The fourth-order valence-corrected chi connectivity index (χ4v) is 2.19. The molecule has 0 aliphatic carbocycles. The highest BCUT2D eigenvalue weighted by atomic mass is 35.5. The molecule has 0 saturated heterocycles. The first kappa shape index (κ1) is 14.2. The van der Waals surface area contributed by atoms with Gasteiger partial charge >= 0.3 is 0 Å². The van der Waals surface area contributed by atoms with Crippen LogP contribution in [0.15, 0.2) is 22.7 Å². The van der Waals surface area contributed by atoms with Crippen LogP contribution in [0.4, 0.5) is 5.82 Å². The molecule has 0 fully saturated rings. The van der Waals surface area contributed by atoms with E-state index in [0.717, 1.165) is 29.7 Å². The van der Waals surface area contributed by atoms with Crippen molar-refractivity contribution in [1.82, 2.24) is 5.16 Å². The zero-order chi connectivity index (χ0) is 14.0. The lowest BCUT2D eigenvalue weighted by molar-refractivity contribution is 0.376. The third-order valence-corrected chi connectivity index (χ3v) is 3.69. The Morgan fingerprint density at radius 2 is 2.00 bits per heavy atom. The number of nitrogens with zero attached hydrogens (tertiary/aromatic N) is 1. The average Bonchev–Trinajstić information content (AvgIpc) is 2.71. The van der Waals surface area contributed by atoms with Crippen LogP contribution >= 0.6 is 23.2 Å². The Kier molecular flexibility index (Phi) is 4.38. The largest absolute Gasteiger partial charge is 0.380 e. The van der Waals surface area contributed by atoms with Crippen molar-refractivity contribution >= 4 is 29.0 Å². The van der Waals surface area contributed by atoms with Crippen molar-refractivity contribution in [3.8, 4) is 11.1 Å². The van der Waals surface area contributed by atoms with Crippen LogP contribution in [0.2, 0.25) is 10.0 Å². The summed E-state index contributed by atoms with van der Waals surface area (Å²) in [4.78, 5) is 0. The summed E-state index contributed by atoms with van der Waals surface area (Å²) in [6, 6.07) is 5.40. The molecule has 2 N–H and O–H groups in total. The van der Waals surface area contributed by atoms with Gasteiger partial charge in [-0.1, -0.05) is 48.3 Å². The van der Waals surface area contributed by atoms with E-state index >= 15 is 0 Å². The SMILES string of the molecule is CC(C)CCc1onc(N)c1-c1ccc(Cl)c(Cl)c1. The second kappa shape index (κ2) is 5.85. The number of nitrogen functional groups attached to an aromatic ring is 1. The van der Waals surface area contributed by atoms with Gasteiger partial charge in [0, 0.05) is 6.42 Å². The molecule has 0 bridgehead atoms. The zero-order valence-electron chi connectivity index (χ0n) is 10.9. The lowest BCUT2D eigenvalue weighted by atomic mass is 10.0. The number of hydrogen-bond donors (Lipinski definition) is 1. The van der Waals surface area contributed by atoms with E-state index in [1.165, 1.54) is 0 Å². The molecule has 5 heteroatoms.